The Morgan fingerprint density at radius 3 is 2.83 bits per heavy atom. The Balaban J connectivity index is 1.12. The second kappa shape index (κ2) is 8.36. The van der Waals surface area contributed by atoms with E-state index in [4.69, 9.17) is 4.37 Å². The molecule has 6 heteroatoms. The molecule has 5 nitrogen and oxygen atoms in total. The monoisotopic (exact) mass is 420 g/mol. The zero-order chi connectivity index (χ0) is 20.5. The molecule has 1 fully saturated rings. The Bertz CT molecular complexity index is 1050. The summed E-state index contributed by atoms with van der Waals surface area (Å²) in [6.07, 6.45) is 3.11. The predicted octanol–water partition coefficient (Wildman–Crippen LogP) is 4.18. The van der Waals surface area contributed by atoms with Crippen molar-refractivity contribution in [3.8, 4) is 0 Å². The number of nitrogens with zero attached hydrogens (tertiary/aromatic N) is 3. The fraction of sp³-hybridized carbons (Fsp3) is 0.417. The number of hydrogen-bond donors (Lipinski definition) is 1. The number of aromatic nitrogens is 1. The minimum Gasteiger partial charge on any atom is -0.353 e. The molecular weight excluding hydrogens is 392 g/mol. The van der Waals surface area contributed by atoms with Crippen molar-refractivity contribution < 1.29 is 4.79 Å². The van der Waals surface area contributed by atoms with Crippen LogP contribution in [0.3, 0.4) is 0 Å². The van der Waals surface area contributed by atoms with Crippen molar-refractivity contribution in [2.45, 2.75) is 26.2 Å². The highest BCUT2D eigenvalue weighted by atomic mass is 32.1. The van der Waals surface area contributed by atoms with Crippen molar-refractivity contribution in [2.24, 2.45) is 5.92 Å². The van der Waals surface area contributed by atoms with Crippen LogP contribution >= 0.6 is 11.5 Å². The molecule has 0 saturated carbocycles. The Morgan fingerprint density at radius 2 is 1.97 bits per heavy atom. The zero-order valence-electron chi connectivity index (χ0n) is 17.4. The molecule has 0 aliphatic carbocycles. The topological polar surface area (TPSA) is 48.5 Å². The summed E-state index contributed by atoms with van der Waals surface area (Å²) in [5, 5.41) is 4.30. The van der Waals surface area contributed by atoms with Crippen LogP contribution in [0.1, 0.15) is 24.5 Å². The lowest BCUT2D eigenvalue weighted by molar-refractivity contribution is -0.119. The molecule has 1 atom stereocenters. The van der Waals surface area contributed by atoms with Gasteiger partial charge in [-0.25, -0.2) is 0 Å². The molecule has 1 aromatic heterocycles. The van der Waals surface area contributed by atoms with E-state index >= 15 is 0 Å². The largest absolute Gasteiger partial charge is 0.353 e. The highest BCUT2D eigenvalue weighted by Gasteiger charge is 2.23. The molecule has 0 spiro atoms. The van der Waals surface area contributed by atoms with Crippen LogP contribution < -0.4 is 10.2 Å². The van der Waals surface area contributed by atoms with Gasteiger partial charge < -0.3 is 10.2 Å². The average molecular weight is 421 g/mol. The maximum absolute atomic E-state index is 11.8. The number of benzene rings is 2. The summed E-state index contributed by atoms with van der Waals surface area (Å²) in [6, 6.07) is 15.1. The van der Waals surface area contributed by atoms with Crippen LogP contribution in [-0.2, 0) is 17.6 Å². The van der Waals surface area contributed by atoms with Gasteiger partial charge in [0.25, 0.3) is 0 Å². The summed E-state index contributed by atoms with van der Waals surface area (Å²) in [6.45, 7) is 7.42. The van der Waals surface area contributed by atoms with E-state index in [0.717, 1.165) is 57.1 Å². The number of aryl methyl sites for hydroxylation is 1. The second-order valence-electron chi connectivity index (χ2n) is 8.52. The molecule has 0 bridgehead atoms. The number of carbonyl (C=O) groups is 1. The van der Waals surface area contributed by atoms with E-state index in [1.54, 1.807) is 11.5 Å². The minimum atomic E-state index is 0.0684. The van der Waals surface area contributed by atoms with Crippen molar-refractivity contribution in [1.82, 2.24) is 9.27 Å². The van der Waals surface area contributed by atoms with Gasteiger partial charge >= 0.3 is 0 Å². The first-order chi connectivity index (χ1) is 14.7. The molecule has 1 N–H and O–H groups in total. The minimum absolute atomic E-state index is 0.0684. The quantitative estimate of drug-likeness (QED) is 0.673. The molecule has 3 aromatic rings. The summed E-state index contributed by atoms with van der Waals surface area (Å²) >= 11 is 1.60. The van der Waals surface area contributed by atoms with Gasteiger partial charge in [-0.1, -0.05) is 31.2 Å². The third-order valence-corrected chi connectivity index (χ3v) is 7.19. The molecule has 30 heavy (non-hydrogen) atoms. The normalized spacial score (nSPS) is 19.7. The van der Waals surface area contributed by atoms with E-state index in [-0.39, 0.29) is 11.8 Å². The number of anilines is 2. The van der Waals surface area contributed by atoms with Crippen LogP contribution in [0.15, 0.2) is 42.5 Å². The summed E-state index contributed by atoms with van der Waals surface area (Å²) < 4.78 is 5.99. The highest BCUT2D eigenvalue weighted by Crippen LogP contribution is 2.30. The van der Waals surface area contributed by atoms with Gasteiger partial charge in [-0.05, 0) is 66.7 Å². The number of piperazine rings is 1. The number of amides is 1. The van der Waals surface area contributed by atoms with Crippen molar-refractivity contribution in [3.05, 3.63) is 53.6 Å². The lowest BCUT2D eigenvalue weighted by Crippen LogP contribution is -2.46. The van der Waals surface area contributed by atoms with Gasteiger partial charge in [0.05, 0.1) is 4.70 Å². The molecule has 2 aliphatic rings. The van der Waals surface area contributed by atoms with Crippen LogP contribution in [0, 0.1) is 5.92 Å². The summed E-state index contributed by atoms with van der Waals surface area (Å²) in [5.41, 5.74) is 3.65. The van der Waals surface area contributed by atoms with Crippen LogP contribution in [0.2, 0.25) is 0 Å². The molecule has 2 aromatic carbocycles. The maximum atomic E-state index is 11.8. The van der Waals surface area contributed by atoms with Gasteiger partial charge in [-0.15, -0.1) is 0 Å². The smallest absolute Gasteiger partial charge is 0.227 e. The zero-order valence-corrected chi connectivity index (χ0v) is 18.3. The molecule has 0 radical (unpaired) electrons. The number of hydrogen-bond acceptors (Lipinski definition) is 5. The van der Waals surface area contributed by atoms with Gasteiger partial charge in [-0.3, -0.25) is 9.69 Å². The molecular formula is C24H28N4OS. The van der Waals surface area contributed by atoms with Gasteiger partial charge in [0.2, 0.25) is 5.91 Å². The fourth-order valence-corrected chi connectivity index (χ4v) is 5.36. The molecule has 156 valence electrons. The van der Waals surface area contributed by atoms with E-state index in [9.17, 15) is 4.79 Å². The van der Waals surface area contributed by atoms with Crippen LogP contribution in [0.5, 0.6) is 0 Å². The summed E-state index contributed by atoms with van der Waals surface area (Å²) in [4.78, 5) is 16.8. The van der Waals surface area contributed by atoms with E-state index in [1.807, 2.05) is 6.92 Å². The molecule has 5 rings (SSSR count). The van der Waals surface area contributed by atoms with Crippen molar-refractivity contribution in [1.29, 1.82) is 0 Å². The first-order valence-corrected chi connectivity index (χ1v) is 11.7. The number of carbonyl (C=O) groups excluding carboxylic acids is 1. The standard InChI is InChI=1S/C24H28N4OS/c1-17-15-19-16-18(8-9-21(19)25-24(17)29)5-4-10-27-11-13-28(14-12-27)23-20-6-2-3-7-22(20)30-26-23/h2-3,6-9,16-17H,4-5,10-15H2,1H3,(H,25,29). The molecule has 1 amide bonds. The fourth-order valence-electron chi connectivity index (χ4n) is 4.56. The van der Waals surface area contributed by atoms with Gasteiger partial charge in [0.1, 0.15) is 5.82 Å². The van der Waals surface area contributed by atoms with E-state index in [1.165, 1.54) is 27.6 Å². The molecule has 2 aliphatic heterocycles. The van der Waals surface area contributed by atoms with Gasteiger partial charge in [0.15, 0.2) is 0 Å². The molecule has 1 saturated heterocycles. The summed E-state index contributed by atoms with van der Waals surface area (Å²) in [5.74, 6) is 1.37. The van der Waals surface area contributed by atoms with Gasteiger partial charge in [0, 0.05) is 43.2 Å². The average Bonchev–Trinajstić information content (AvgIpc) is 3.19. The summed E-state index contributed by atoms with van der Waals surface area (Å²) in [7, 11) is 0. The van der Waals surface area contributed by atoms with Crippen molar-refractivity contribution in [3.63, 3.8) is 0 Å². The lowest BCUT2D eigenvalue weighted by Gasteiger charge is -2.35. The van der Waals surface area contributed by atoms with Crippen molar-refractivity contribution in [2.75, 3.05) is 42.9 Å². The van der Waals surface area contributed by atoms with Gasteiger partial charge in [-0.2, -0.15) is 4.37 Å². The SMILES string of the molecule is CC1Cc2cc(CCCN3CCN(c4nsc5ccccc45)CC3)ccc2NC1=O. The van der Waals surface area contributed by atoms with Crippen LogP contribution in [0.4, 0.5) is 11.5 Å². The van der Waals surface area contributed by atoms with E-state index < -0.39 is 0 Å². The number of nitrogens with one attached hydrogen (secondary N) is 1. The third kappa shape index (κ3) is 3.94. The Hall–Kier alpha value is -2.44. The van der Waals surface area contributed by atoms with Crippen LogP contribution in [-0.4, -0.2) is 47.9 Å². The second-order valence-corrected chi connectivity index (χ2v) is 9.33. The highest BCUT2D eigenvalue weighted by molar-refractivity contribution is 7.13. The maximum Gasteiger partial charge on any atom is 0.227 e. The van der Waals surface area contributed by atoms with E-state index in [2.05, 4.69) is 57.6 Å². The molecule has 1 unspecified atom stereocenters. The Morgan fingerprint density at radius 1 is 1.13 bits per heavy atom. The Kier molecular flexibility index (Phi) is 5.44. The van der Waals surface area contributed by atoms with Crippen LogP contribution in [0.25, 0.3) is 10.1 Å². The number of rotatable bonds is 5. The molecule has 3 heterocycles. The Labute approximate surface area is 181 Å². The lowest BCUT2D eigenvalue weighted by atomic mass is 9.92. The van der Waals surface area contributed by atoms with Crippen molar-refractivity contribution >= 4 is 39.0 Å². The van der Waals surface area contributed by atoms with E-state index in [0.29, 0.717) is 0 Å². The first kappa shape index (κ1) is 19.5. The number of fused-ring (bicyclic) bond motifs is 2. The predicted molar refractivity (Wildman–Crippen MR) is 125 cm³/mol. The third-order valence-electron chi connectivity index (χ3n) is 6.37. The first-order valence-electron chi connectivity index (χ1n) is 10.9.